The Kier molecular flexibility index (Phi) is 5.44. The molecule has 0 atom stereocenters. The predicted octanol–water partition coefficient (Wildman–Crippen LogP) is 3.51. The van der Waals surface area contributed by atoms with Crippen molar-refractivity contribution < 1.29 is 13.2 Å². The summed E-state index contributed by atoms with van der Waals surface area (Å²) in [5, 5.41) is 3.20. The SMILES string of the molecule is Cc1cccc(NC(=O)CS(=O)(=O)Cc2ccc(Cl)cc2)c1C. The molecule has 0 bridgehead atoms. The first-order chi connectivity index (χ1) is 10.8. The second kappa shape index (κ2) is 7.15. The van der Waals surface area contributed by atoms with Gasteiger partial charge in [0.2, 0.25) is 5.91 Å². The van der Waals surface area contributed by atoms with E-state index < -0.39 is 21.5 Å². The molecule has 23 heavy (non-hydrogen) atoms. The molecular formula is C17H18ClNO3S. The zero-order chi connectivity index (χ0) is 17.0. The van der Waals surface area contributed by atoms with Crippen LogP contribution in [0.25, 0.3) is 0 Å². The molecule has 1 amide bonds. The van der Waals surface area contributed by atoms with Crippen molar-refractivity contribution in [1.29, 1.82) is 0 Å². The van der Waals surface area contributed by atoms with Crippen LogP contribution in [0.1, 0.15) is 16.7 Å². The van der Waals surface area contributed by atoms with Gasteiger partial charge in [-0.15, -0.1) is 0 Å². The standard InChI is InChI=1S/C17H18ClNO3S/c1-12-4-3-5-16(13(12)2)19-17(20)11-23(21,22)10-14-6-8-15(18)9-7-14/h3-9H,10-11H2,1-2H3,(H,19,20). The summed E-state index contributed by atoms with van der Waals surface area (Å²) in [5.41, 5.74) is 3.20. The lowest BCUT2D eigenvalue weighted by atomic mass is 10.1. The molecule has 1 N–H and O–H groups in total. The molecule has 0 radical (unpaired) electrons. The first-order valence-electron chi connectivity index (χ1n) is 7.08. The number of benzene rings is 2. The predicted molar refractivity (Wildman–Crippen MR) is 93.5 cm³/mol. The molecule has 0 unspecified atom stereocenters. The summed E-state index contributed by atoms with van der Waals surface area (Å²) in [6, 6.07) is 12.0. The number of sulfone groups is 1. The first-order valence-corrected chi connectivity index (χ1v) is 9.28. The van der Waals surface area contributed by atoms with E-state index in [9.17, 15) is 13.2 Å². The normalized spacial score (nSPS) is 11.3. The third kappa shape index (κ3) is 5.08. The molecule has 0 aliphatic rings. The lowest BCUT2D eigenvalue weighted by molar-refractivity contribution is -0.113. The number of anilines is 1. The summed E-state index contributed by atoms with van der Waals surface area (Å²) in [6.07, 6.45) is 0. The largest absolute Gasteiger partial charge is 0.325 e. The Morgan fingerprint density at radius 2 is 1.74 bits per heavy atom. The summed E-state index contributed by atoms with van der Waals surface area (Å²) in [7, 11) is -3.54. The fourth-order valence-electron chi connectivity index (χ4n) is 2.16. The monoisotopic (exact) mass is 351 g/mol. The van der Waals surface area contributed by atoms with Crippen LogP contribution in [0.15, 0.2) is 42.5 Å². The minimum Gasteiger partial charge on any atom is -0.325 e. The van der Waals surface area contributed by atoms with Gasteiger partial charge in [-0.25, -0.2) is 8.42 Å². The minimum atomic E-state index is -3.54. The molecule has 6 heteroatoms. The first kappa shape index (κ1) is 17.5. The molecule has 2 aromatic rings. The Balaban J connectivity index is 2.03. The molecular weight excluding hydrogens is 334 g/mol. The van der Waals surface area contributed by atoms with Gasteiger partial charge in [-0.3, -0.25) is 4.79 Å². The molecule has 122 valence electrons. The Hall–Kier alpha value is -1.85. The number of rotatable bonds is 5. The van der Waals surface area contributed by atoms with Crippen molar-refractivity contribution in [1.82, 2.24) is 0 Å². The zero-order valence-electron chi connectivity index (χ0n) is 13.0. The third-order valence-electron chi connectivity index (χ3n) is 3.53. The fraction of sp³-hybridized carbons (Fsp3) is 0.235. The van der Waals surface area contributed by atoms with E-state index in [4.69, 9.17) is 11.6 Å². The van der Waals surface area contributed by atoms with Crippen LogP contribution in [-0.2, 0) is 20.4 Å². The Labute approximate surface area is 141 Å². The highest BCUT2D eigenvalue weighted by Gasteiger charge is 2.18. The number of aryl methyl sites for hydroxylation is 1. The molecule has 0 spiro atoms. The quantitative estimate of drug-likeness (QED) is 0.896. The van der Waals surface area contributed by atoms with E-state index in [1.807, 2.05) is 26.0 Å². The average Bonchev–Trinajstić information content (AvgIpc) is 2.45. The van der Waals surface area contributed by atoms with Crippen molar-refractivity contribution in [2.75, 3.05) is 11.1 Å². The molecule has 0 fully saturated rings. The molecule has 0 heterocycles. The maximum atomic E-state index is 12.1. The zero-order valence-corrected chi connectivity index (χ0v) is 14.5. The van der Waals surface area contributed by atoms with Gasteiger partial charge >= 0.3 is 0 Å². The molecule has 0 aromatic heterocycles. The molecule has 2 rings (SSSR count). The van der Waals surface area contributed by atoms with Crippen LogP contribution >= 0.6 is 11.6 Å². The summed E-state index contributed by atoms with van der Waals surface area (Å²) < 4.78 is 24.3. The van der Waals surface area contributed by atoms with E-state index >= 15 is 0 Å². The third-order valence-corrected chi connectivity index (χ3v) is 5.26. The van der Waals surface area contributed by atoms with Crippen LogP contribution in [0.5, 0.6) is 0 Å². The van der Waals surface area contributed by atoms with Gasteiger partial charge in [-0.05, 0) is 48.7 Å². The van der Waals surface area contributed by atoms with Gasteiger partial charge in [0.1, 0.15) is 5.75 Å². The van der Waals surface area contributed by atoms with Crippen molar-refractivity contribution in [2.24, 2.45) is 0 Å². The number of hydrogen-bond donors (Lipinski definition) is 1. The molecule has 2 aromatic carbocycles. The van der Waals surface area contributed by atoms with Crippen molar-refractivity contribution in [3.63, 3.8) is 0 Å². The Bertz CT molecular complexity index is 814. The second-order valence-corrected chi connectivity index (χ2v) is 7.96. The van der Waals surface area contributed by atoms with Crippen LogP contribution in [0.3, 0.4) is 0 Å². The topological polar surface area (TPSA) is 63.2 Å². The molecule has 0 saturated carbocycles. The maximum absolute atomic E-state index is 12.1. The van der Waals surface area contributed by atoms with E-state index in [0.29, 0.717) is 16.3 Å². The highest BCUT2D eigenvalue weighted by atomic mass is 35.5. The number of amides is 1. The van der Waals surface area contributed by atoms with Crippen molar-refractivity contribution in [2.45, 2.75) is 19.6 Å². The van der Waals surface area contributed by atoms with Crippen LogP contribution in [0, 0.1) is 13.8 Å². The van der Waals surface area contributed by atoms with Crippen molar-refractivity contribution >= 4 is 33.0 Å². The van der Waals surface area contributed by atoms with Crippen molar-refractivity contribution in [3.8, 4) is 0 Å². The Morgan fingerprint density at radius 3 is 2.39 bits per heavy atom. The minimum absolute atomic E-state index is 0.190. The van der Waals surface area contributed by atoms with E-state index in [-0.39, 0.29) is 5.75 Å². The van der Waals surface area contributed by atoms with Crippen molar-refractivity contribution in [3.05, 3.63) is 64.2 Å². The van der Waals surface area contributed by atoms with E-state index in [2.05, 4.69) is 5.32 Å². The summed E-state index contributed by atoms with van der Waals surface area (Å²) in [4.78, 5) is 12.0. The van der Waals surface area contributed by atoms with Crippen LogP contribution in [0.4, 0.5) is 5.69 Å². The smallest absolute Gasteiger partial charge is 0.239 e. The number of carbonyl (C=O) groups is 1. The van der Waals surface area contributed by atoms with E-state index in [1.165, 1.54) is 0 Å². The van der Waals surface area contributed by atoms with Gasteiger partial charge in [-0.2, -0.15) is 0 Å². The Morgan fingerprint density at radius 1 is 1.09 bits per heavy atom. The van der Waals surface area contributed by atoms with E-state index in [0.717, 1.165) is 11.1 Å². The molecule has 0 saturated heterocycles. The number of hydrogen-bond acceptors (Lipinski definition) is 3. The van der Waals surface area contributed by atoms with Gasteiger partial charge in [0.05, 0.1) is 5.75 Å². The maximum Gasteiger partial charge on any atom is 0.239 e. The highest BCUT2D eigenvalue weighted by Crippen LogP contribution is 2.18. The number of halogens is 1. The highest BCUT2D eigenvalue weighted by molar-refractivity contribution is 7.91. The number of carbonyl (C=O) groups excluding carboxylic acids is 1. The van der Waals surface area contributed by atoms with Crippen LogP contribution in [-0.4, -0.2) is 20.1 Å². The fourth-order valence-corrected chi connectivity index (χ4v) is 3.56. The molecule has 4 nitrogen and oxygen atoms in total. The van der Waals surface area contributed by atoms with Gasteiger partial charge in [-0.1, -0.05) is 35.9 Å². The molecule has 0 aliphatic heterocycles. The van der Waals surface area contributed by atoms with Crippen LogP contribution in [0.2, 0.25) is 5.02 Å². The summed E-state index contributed by atoms with van der Waals surface area (Å²) in [5.74, 6) is -1.28. The van der Waals surface area contributed by atoms with E-state index in [1.54, 1.807) is 30.3 Å². The average molecular weight is 352 g/mol. The molecule has 0 aliphatic carbocycles. The van der Waals surface area contributed by atoms with Gasteiger partial charge < -0.3 is 5.32 Å². The van der Waals surface area contributed by atoms with Crippen LogP contribution < -0.4 is 5.32 Å². The summed E-state index contributed by atoms with van der Waals surface area (Å²) in [6.45, 7) is 3.81. The lowest BCUT2D eigenvalue weighted by Gasteiger charge is -2.10. The lowest BCUT2D eigenvalue weighted by Crippen LogP contribution is -2.24. The van der Waals surface area contributed by atoms with Gasteiger partial charge in [0, 0.05) is 10.7 Å². The summed E-state index contributed by atoms with van der Waals surface area (Å²) >= 11 is 5.77. The number of nitrogens with one attached hydrogen (secondary N) is 1. The van der Waals surface area contributed by atoms with Gasteiger partial charge in [0.15, 0.2) is 9.84 Å². The second-order valence-electron chi connectivity index (χ2n) is 5.45. The van der Waals surface area contributed by atoms with Gasteiger partial charge in [0.25, 0.3) is 0 Å².